The Labute approximate surface area is 169 Å². The minimum Gasteiger partial charge on any atom is -0.317 e. The van der Waals surface area contributed by atoms with Crippen molar-refractivity contribution in [3.63, 3.8) is 0 Å². The summed E-state index contributed by atoms with van der Waals surface area (Å²) in [5.74, 6) is 0. The highest BCUT2D eigenvalue weighted by atomic mass is 31.2. The largest absolute Gasteiger partial charge is 0.469 e. The first-order valence-electron chi connectivity index (χ1n) is 10.2. The van der Waals surface area contributed by atoms with Crippen LogP contribution < -0.4 is 10.6 Å². The summed E-state index contributed by atoms with van der Waals surface area (Å²) in [6.07, 6.45) is 5.80. The van der Waals surface area contributed by atoms with Gasteiger partial charge in [0, 0.05) is 0 Å². The molecule has 10 heteroatoms. The summed E-state index contributed by atoms with van der Waals surface area (Å²) in [5.41, 5.74) is 0. The van der Waals surface area contributed by atoms with Crippen molar-refractivity contribution in [2.24, 2.45) is 0 Å². The first-order chi connectivity index (χ1) is 13.0. The Morgan fingerprint density at radius 3 is 1.18 bits per heavy atom. The van der Waals surface area contributed by atoms with Crippen LogP contribution in [0.1, 0.15) is 79.1 Å². The van der Waals surface area contributed by atoms with Gasteiger partial charge in [-0.3, -0.25) is 4.52 Å². The van der Waals surface area contributed by atoms with Crippen molar-refractivity contribution in [2.75, 3.05) is 32.8 Å². The van der Waals surface area contributed by atoms with E-state index < -0.39 is 20.6 Å². The molecule has 0 heterocycles. The van der Waals surface area contributed by atoms with E-state index >= 15 is 0 Å². The van der Waals surface area contributed by atoms with E-state index in [9.17, 15) is 17.7 Å². The van der Waals surface area contributed by atoms with Crippen LogP contribution in [0.4, 0.5) is 13.2 Å². The maximum atomic E-state index is 11.1. The van der Waals surface area contributed by atoms with Crippen LogP contribution in [-0.2, 0) is 9.09 Å². The first-order valence-corrected chi connectivity index (χ1v) is 11.7. The van der Waals surface area contributed by atoms with Gasteiger partial charge in [0.05, 0.1) is 0 Å². The number of nitrogens with one attached hydrogen (secondary N) is 2. The standard InChI is InChI=1S/2C8H19N.C2H4F3O4P/c2*1-3-5-7-9-8-6-4-2;3-2(4,5)1-9-10(6,7)8/h2*9H,3-8H2,1-2H3;1H2,(H2,6,7,8). The number of alkyl halides is 3. The zero-order chi connectivity index (χ0) is 22.3. The first kappa shape index (κ1) is 32.5. The Morgan fingerprint density at radius 2 is 1.04 bits per heavy atom. The molecule has 0 saturated carbocycles. The molecule has 0 saturated heterocycles. The van der Waals surface area contributed by atoms with E-state index in [1.165, 1.54) is 77.5 Å². The van der Waals surface area contributed by atoms with Crippen LogP contribution in [-0.4, -0.2) is 48.7 Å². The van der Waals surface area contributed by atoms with E-state index in [2.05, 4.69) is 42.9 Å². The lowest BCUT2D eigenvalue weighted by Crippen LogP contribution is -2.15. The highest BCUT2D eigenvalue weighted by molar-refractivity contribution is 7.46. The van der Waals surface area contributed by atoms with Crippen LogP contribution >= 0.6 is 7.82 Å². The maximum absolute atomic E-state index is 11.1. The summed E-state index contributed by atoms with van der Waals surface area (Å²) in [6.45, 7) is 11.8. The Morgan fingerprint density at radius 1 is 0.750 bits per heavy atom. The monoisotopic (exact) mass is 438 g/mol. The van der Waals surface area contributed by atoms with E-state index in [0.717, 1.165) is 0 Å². The lowest BCUT2D eigenvalue weighted by molar-refractivity contribution is -0.156. The molecular formula is C18H42F3N2O4P. The number of unbranched alkanes of at least 4 members (excludes halogenated alkanes) is 4. The molecule has 0 unspecified atom stereocenters. The van der Waals surface area contributed by atoms with Crippen molar-refractivity contribution in [3.05, 3.63) is 0 Å². The molecule has 0 amide bonds. The molecule has 0 aliphatic heterocycles. The molecule has 0 radical (unpaired) electrons. The van der Waals surface area contributed by atoms with Gasteiger partial charge in [-0.15, -0.1) is 0 Å². The van der Waals surface area contributed by atoms with E-state index in [1.54, 1.807) is 0 Å². The Balaban J connectivity index is -0.000000336. The van der Waals surface area contributed by atoms with E-state index in [1.807, 2.05) is 0 Å². The molecule has 28 heavy (non-hydrogen) atoms. The lowest BCUT2D eigenvalue weighted by atomic mass is 10.3. The van der Waals surface area contributed by atoms with Crippen LogP contribution in [0.5, 0.6) is 0 Å². The zero-order valence-corrected chi connectivity index (χ0v) is 18.9. The van der Waals surface area contributed by atoms with E-state index in [4.69, 9.17) is 9.79 Å². The normalized spacial score (nSPS) is 11.3. The average Bonchev–Trinajstić information content (AvgIpc) is 2.60. The molecular weight excluding hydrogens is 396 g/mol. The Hall–Kier alpha value is -0.180. The number of phosphoric acid groups is 1. The number of hydrogen-bond acceptors (Lipinski definition) is 4. The third kappa shape index (κ3) is 44.9. The fourth-order valence-electron chi connectivity index (χ4n) is 1.61. The summed E-state index contributed by atoms with van der Waals surface area (Å²) in [7, 11) is -4.98. The molecule has 0 aromatic carbocycles. The zero-order valence-electron chi connectivity index (χ0n) is 18.0. The number of halogens is 3. The number of hydrogen-bond donors (Lipinski definition) is 4. The maximum Gasteiger partial charge on any atom is 0.469 e. The molecule has 0 aromatic rings. The van der Waals surface area contributed by atoms with Crippen LogP contribution in [0.25, 0.3) is 0 Å². The molecule has 0 aliphatic rings. The Bertz CT molecular complexity index is 317. The SMILES string of the molecule is CCCCNCCCC.CCCCNCCCC.O=P(O)(O)OCC(F)(F)F. The molecule has 0 bridgehead atoms. The van der Waals surface area contributed by atoms with Crippen molar-refractivity contribution >= 4 is 7.82 Å². The predicted octanol–water partition coefficient (Wildman–Crippen LogP) is 5.01. The van der Waals surface area contributed by atoms with Gasteiger partial charge in [-0.2, -0.15) is 13.2 Å². The average molecular weight is 439 g/mol. The smallest absolute Gasteiger partial charge is 0.317 e. The third-order valence-electron chi connectivity index (χ3n) is 3.22. The summed E-state index contributed by atoms with van der Waals surface area (Å²) >= 11 is 0. The van der Waals surface area contributed by atoms with Gasteiger partial charge in [0.15, 0.2) is 6.61 Å². The highest BCUT2D eigenvalue weighted by Gasteiger charge is 2.31. The minimum absolute atomic E-state index is 1.20. The minimum atomic E-state index is -4.98. The van der Waals surface area contributed by atoms with E-state index in [-0.39, 0.29) is 0 Å². The lowest BCUT2D eigenvalue weighted by Gasteiger charge is -2.07. The predicted molar refractivity (Wildman–Crippen MR) is 109 cm³/mol. The second kappa shape index (κ2) is 23.1. The molecule has 0 fully saturated rings. The fourth-order valence-corrected chi connectivity index (χ4v) is 1.93. The van der Waals surface area contributed by atoms with Gasteiger partial charge < -0.3 is 20.4 Å². The Kier molecular flexibility index (Phi) is 26.8. The molecule has 0 spiro atoms. The molecule has 0 aliphatic carbocycles. The van der Waals surface area contributed by atoms with Crippen LogP contribution in [0.3, 0.4) is 0 Å². The van der Waals surface area contributed by atoms with Crippen molar-refractivity contribution in [3.8, 4) is 0 Å². The summed E-state index contributed by atoms with van der Waals surface area (Å²) in [5, 5.41) is 6.77. The quantitative estimate of drug-likeness (QED) is 0.225. The van der Waals surface area contributed by atoms with Crippen molar-refractivity contribution in [1.82, 2.24) is 10.6 Å². The van der Waals surface area contributed by atoms with Gasteiger partial charge >= 0.3 is 14.0 Å². The molecule has 0 atom stereocenters. The molecule has 4 N–H and O–H groups in total. The molecule has 0 aromatic heterocycles. The van der Waals surface area contributed by atoms with Crippen LogP contribution in [0.2, 0.25) is 0 Å². The third-order valence-corrected chi connectivity index (χ3v) is 3.69. The van der Waals surface area contributed by atoms with Crippen molar-refractivity contribution < 1.29 is 32.0 Å². The summed E-state index contributed by atoms with van der Waals surface area (Å²) in [4.78, 5) is 15.5. The van der Waals surface area contributed by atoms with Gasteiger partial charge in [0.2, 0.25) is 0 Å². The fraction of sp³-hybridized carbons (Fsp3) is 1.00. The van der Waals surface area contributed by atoms with Gasteiger partial charge in [0.1, 0.15) is 0 Å². The van der Waals surface area contributed by atoms with Gasteiger partial charge in [-0.1, -0.05) is 53.4 Å². The van der Waals surface area contributed by atoms with E-state index in [0.29, 0.717) is 0 Å². The topological polar surface area (TPSA) is 90.8 Å². The van der Waals surface area contributed by atoms with Crippen LogP contribution in [0.15, 0.2) is 0 Å². The summed E-state index contributed by atoms with van der Waals surface area (Å²) in [6, 6.07) is 0. The highest BCUT2D eigenvalue weighted by Crippen LogP contribution is 2.37. The second-order valence-electron chi connectivity index (χ2n) is 6.29. The van der Waals surface area contributed by atoms with Crippen molar-refractivity contribution in [2.45, 2.75) is 85.2 Å². The summed E-state index contributed by atoms with van der Waals surface area (Å²) < 4.78 is 46.1. The molecule has 6 nitrogen and oxygen atoms in total. The van der Waals surface area contributed by atoms with Crippen molar-refractivity contribution in [1.29, 1.82) is 0 Å². The number of phosphoric ester groups is 1. The molecule has 0 rings (SSSR count). The van der Waals surface area contributed by atoms with Gasteiger partial charge in [-0.05, 0) is 51.9 Å². The van der Waals surface area contributed by atoms with Gasteiger partial charge in [0.25, 0.3) is 0 Å². The second-order valence-corrected chi connectivity index (χ2v) is 7.53. The number of rotatable bonds is 14. The molecule has 174 valence electrons. The van der Waals surface area contributed by atoms with Crippen LogP contribution in [0, 0.1) is 0 Å². The van der Waals surface area contributed by atoms with Gasteiger partial charge in [-0.25, -0.2) is 4.57 Å².